The fraction of sp³-hybridized carbons (Fsp3) is 0.474. The van der Waals surface area contributed by atoms with Gasteiger partial charge in [-0.05, 0) is 32.4 Å². The van der Waals surface area contributed by atoms with E-state index in [1.165, 1.54) is 6.07 Å². The quantitative estimate of drug-likeness (QED) is 0.903. The number of nitrogens with zero attached hydrogens (tertiary/aromatic N) is 2. The first-order valence-electron chi connectivity index (χ1n) is 8.60. The first-order chi connectivity index (χ1) is 12.1. The van der Waals surface area contributed by atoms with E-state index in [0.717, 1.165) is 61.1 Å². The number of aryl methyl sites for hydroxylation is 1. The molecule has 0 aliphatic carbocycles. The summed E-state index contributed by atoms with van der Waals surface area (Å²) >= 11 is 0. The maximum absolute atomic E-state index is 11.7. The van der Waals surface area contributed by atoms with Crippen LogP contribution >= 0.6 is 0 Å². The number of likely N-dealkylation sites (tertiary alicyclic amines) is 1. The molecular weight excluding hydrogens is 318 g/mol. The molecule has 1 fully saturated rings. The molecule has 25 heavy (non-hydrogen) atoms. The highest BCUT2D eigenvalue weighted by molar-refractivity contribution is 5.40. The van der Waals surface area contributed by atoms with Crippen LogP contribution in [-0.4, -0.2) is 42.2 Å². The molecule has 134 valence electrons. The molecule has 6 heteroatoms. The van der Waals surface area contributed by atoms with E-state index in [1.54, 1.807) is 14.2 Å². The molecule has 2 aromatic rings. The Morgan fingerprint density at radius 2 is 2.12 bits per heavy atom. The lowest BCUT2D eigenvalue weighted by Gasteiger charge is -2.32. The average molecular weight is 343 g/mol. The summed E-state index contributed by atoms with van der Waals surface area (Å²) in [5, 5.41) is 0. The second-order valence-electron chi connectivity index (χ2n) is 6.52. The lowest BCUT2D eigenvalue weighted by Crippen LogP contribution is -2.35. The topological polar surface area (TPSA) is 67.5 Å². The van der Waals surface area contributed by atoms with Gasteiger partial charge in [0.15, 0.2) is 0 Å². The highest BCUT2D eigenvalue weighted by Gasteiger charge is 2.24. The molecule has 3 rings (SSSR count). The van der Waals surface area contributed by atoms with Crippen LogP contribution in [0.2, 0.25) is 0 Å². The first kappa shape index (κ1) is 17.5. The molecule has 0 bridgehead atoms. The molecule has 6 nitrogen and oxygen atoms in total. The maximum Gasteiger partial charge on any atom is 0.251 e. The van der Waals surface area contributed by atoms with Crippen LogP contribution < -0.4 is 15.0 Å². The molecule has 0 saturated carbocycles. The van der Waals surface area contributed by atoms with Crippen molar-refractivity contribution in [3.63, 3.8) is 0 Å². The predicted octanol–water partition coefficient (Wildman–Crippen LogP) is 2.48. The second-order valence-corrected chi connectivity index (χ2v) is 6.52. The Balaban J connectivity index is 1.75. The minimum Gasteiger partial charge on any atom is -0.497 e. The Bertz CT molecular complexity index is 788. The summed E-state index contributed by atoms with van der Waals surface area (Å²) < 4.78 is 10.8. The monoisotopic (exact) mass is 343 g/mol. The molecule has 1 N–H and O–H groups in total. The van der Waals surface area contributed by atoms with Crippen molar-refractivity contribution in [1.29, 1.82) is 0 Å². The van der Waals surface area contributed by atoms with Crippen molar-refractivity contribution in [3.05, 3.63) is 51.7 Å². The zero-order valence-electron chi connectivity index (χ0n) is 15.0. The van der Waals surface area contributed by atoms with Gasteiger partial charge >= 0.3 is 0 Å². The number of piperidine rings is 1. The summed E-state index contributed by atoms with van der Waals surface area (Å²) in [6, 6.07) is 7.45. The van der Waals surface area contributed by atoms with Gasteiger partial charge in [-0.25, -0.2) is 4.98 Å². The van der Waals surface area contributed by atoms with E-state index < -0.39 is 0 Å². The third-order valence-electron chi connectivity index (χ3n) is 4.67. The number of hydrogen-bond acceptors (Lipinski definition) is 5. The largest absolute Gasteiger partial charge is 0.497 e. The maximum atomic E-state index is 11.7. The van der Waals surface area contributed by atoms with Gasteiger partial charge in [0.25, 0.3) is 5.56 Å². The van der Waals surface area contributed by atoms with Crippen LogP contribution in [0.3, 0.4) is 0 Å². The van der Waals surface area contributed by atoms with Crippen molar-refractivity contribution in [3.8, 4) is 11.5 Å². The Morgan fingerprint density at radius 3 is 2.84 bits per heavy atom. The van der Waals surface area contributed by atoms with Crippen LogP contribution in [0.1, 0.15) is 35.8 Å². The smallest absolute Gasteiger partial charge is 0.251 e. The molecule has 1 saturated heterocycles. The number of nitrogens with one attached hydrogen (secondary N) is 1. The van der Waals surface area contributed by atoms with Crippen molar-refractivity contribution < 1.29 is 9.47 Å². The van der Waals surface area contributed by atoms with E-state index in [2.05, 4.69) is 14.9 Å². The van der Waals surface area contributed by atoms with Crippen LogP contribution in [0.25, 0.3) is 0 Å². The van der Waals surface area contributed by atoms with E-state index in [9.17, 15) is 4.79 Å². The number of benzene rings is 1. The number of hydrogen-bond donors (Lipinski definition) is 1. The molecule has 0 radical (unpaired) electrons. The average Bonchev–Trinajstić information content (AvgIpc) is 2.61. The Labute approximate surface area is 147 Å². The van der Waals surface area contributed by atoms with Crippen LogP contribution in [-0.2, 0) is 6.54 Å². The summed E-state index contributed by atoms with van der Waals surface area (Å²) in [5.74, 6) is 2.68. The zero-order valence-corrected chi connectivity index (χ0v) is 15.0. The van der Waals surface area contributed by atoms with Gasteiger partial charge in [-0.3, -0.25) is 9.69 Å². The summed E-state index contributed by atoms with van der Waals surface area (Å²) in [6.07, 6.45) is 2.13. The molecule has 1 aromatic heterocycles. The third-order valence-corrected chi connectivity index (χ3v) is 4.67. The molecular formula is C19H25N3O3. The SMILES string of the molecule is COc1ccc(CN2CCC[C@H](c3nc(C)cc(=O)[nH]3)C2)c(OC)c1. The molecule has 1 atom stereocenters. The Kier molecular flexibility index (Phi) is 5.38. The highest BCUT2D eigenvalue weighted by atomic mass is 16.5. The van der Waals surface area contributed by atoms with Crippen molar-refractivity contribution in [2.24, 2.45) is 0 Å². The standard InChI is InChI=1S/C19H25N3O3/c1-13-9-18(23)21-19(20-13)15-5-4-8-22(12-15)11-14-6-7-16(24-2)10-17(14)25-3/h6-7,9-10,15H,4-5,8,11-12H2,1-3H3,(H,20,21,23)/t15-/m0/s1. The number of aromatic nitrogens is 2. The number of methoxy groups -OCH3 is 2. The molecule has 1 aliphatic rings. The van der Waals surface area contributed by atoms with Gasteiger partial charge in [0.1, 0.15) is 17.3 Å². The van der Waals surface area contributed by atoms with Crippen LogP contribution in [0.5, 0.6) is 11.5 Å². The molecule has 1 aromatic carbocycles. The van der Waals surface area contributed by atoms with E-state index >= 15 is 0 Å². The second kappa shape index (κ2) is 7.70. The van der Waals surface area contributed by atoms with Gasteiger partial charge in [-0.1, -0.05) is 6.07 Å². The first-order valence-corrected chi connectivity index (χ1v) is 8.60. The Morgan fingerprint density at radius 1 is 1.28 bits per heavy atom. The highest BCUT2D eigenvalue weighted by Crippen LogP contribution is 2.29. The molecule has 1 aliphatic heterocycles. The summed E-state index contributed by atoms with van der Waals surface area (Å²) in [5.41, 5.74) is 1.83. The molecule has 0 amide bonds. The van der Waals surface area contributed by atoms with Crippen molar-refractivity contribution in [2.75, 3.05) is 27.3 Å². The molecule has 0 spiro atoms. The van der Waals surface area contributed by atoms with Crippen molar-refractivity contribution in [2.45, 2.75) is 32.2 Å². The van der Waals surface area contributed by atoms with Crippen LogP contribution in [0, 0.1) is 6.92 Å². The van der Waals surface area contributed by atoms with E-state index in [0.29, 0.717) is 0 Å². The summed E-state index contributed by atoms with van der Waals surface area (Å²) in [7, 11) is 3.33. The molecule has 2 heterocycles. The summed E-state index contributed by atoms with van der Waals surface area (Å²) in [6.45, 7) is 4.57. The lowest BCUT2D eigenvalue weighted by molar-refractivity contribution is 0.194. The number of aromatic amines is 1. The predicted molar refractivity (Wildman–Crippen MR) is 96.4 cm³/mol. The van der Waals surface area contributed by atoms with Gasteiger partial charge in [0.2, 0.25) is 0 Å². The van der Waals surface area contributed by atoms with E-state index in [1.807, 2.05) is 25.1 Å². The number of H-pyrrole nitrogens is 1. The Hall–Kier alpha value is -2.34. The fourth-order valence-corrected chi connectivity index (χ4v) is 3.44. The summed E-state index contributed by atoms with van der Waals surface area (Å²) in [4.78, 5) is 21.6. The lowest BCUT2D eigenvalue weighted by atomic mass is 9.96. The normalized spacial score (nSPS) is 18.1. The minimum absolute atomic E-state index is 0.0727. The fourth-order valence-electron chi connectivity index (χ4n) is 3.44. The zero-order chi connectivity index (χ0) is 17.8. The van der Waals surface area contributed by atoms with Crippen molar-refractivity contribution in [1.82, 2.24) is 14.9 Å². The van der Waals surface area contributed by atoms with E-state index in [-0.39, 0.29) is 11.5 Å². The number of rotatable bonds is 5. The van der Waals surface area contributed by atoms with Gasteiger partial charge in [-0.2, -0.15) is 0 Å². The van der Waals surface area contributed by atoms with Gasteiger partial charge in [-0.15, -0.1) is 0 Å². The van der Waals surface area contributed by atoms with Crippen molar-refractivity contribution >= 4 is 0 Å². The van der Waals surface area contributed by atoms with Crippen LogP contribution in [0.4, 0.5) is 0 Å². The third kappa shape index (κ3) is 4.20. The van der Waals surface area contributed by atoms with Gasteiger partial charge < -0.3 is 14.5 Å². The van der Waals surface area contributed by atoms with Gasteiger partial charge in [0, 0.05) is 42.4 Å². The van der Waals surface area contributed by atoms with Crippen LogP contribution in [0.15, 0.2) is 29.1 Å². The molecule has 0 unspecified atom stereocenters. The minimum atomic E-state index is -0.0727. The van der Waals surface area contributed by atoms with Gasteiger partial charge in [0.05, 0.1) is 14.2 Å². The van der Waals surface area contributed by atoms with E-state index in [4.69, 9.17) is 9.47 Å². The number of ether oxygens (including phenoxy) is 2.